The van der Waals surface area contributed by atoms with Gasteiger partial charge in [-0.25, -0.2) is 5.43 Å². The average molecular weight is 389 g/mol. The minimum atomic E-state index is -0.289. The highest BCUT2D eigenvalue weighted by molar-refractivity contribution is 5.99. The molecule has 5 nitrogen and oxygen atoms in total. The van der Waals surface area contributed by atoms with Crippen molar-refractivity contribution in [2.24, 2.45) is 11.0 Å². The summed E-state index contributed by atoms with van der Waals surface area (Å²) in [6, 6.07) is 16.8. The minimum Gasteiger partial charge on any atom is -0.326 e. The fourth-order valence-corrected chi connectivity index (χ4v) is 3.34. The van der Waals surface area contributed by atoms with Gasteiger partial charge in [0.1, 0.15) is 0 Å². The van der Waals surface area contributed by atoms with E-state index < -0.39 is 0 Å². The van der Waals surface area contributed by atoms with Crippen molar-refractivity contribution in [1.82, 2.24) is 5.43 Å². The van der Waals surface area contributed by atoms with Crippen LogP contribution in [0.2, 0.25) is 0 Å². The maximum absolute atomic E-state index is 12.3. The van der Waals surface area contributed by atoms with Gasteiger partial charge in [-0.05, 0) is 55.7 Å². The second-order valence-electron chi connectivity index (χ2n) is 7.34. The first-order chi connectivity index (χ1) is 14.1. The molecule has 0 aromatic heterocycles. The number of nitrogens with one attached hydrogen (secondary N) is 2. The number of rotatable bonds is 6. The summed E-state index contributed by atoms with van der Waals surface area (Å²) in [4.78, 5) is 24.6. The highest BCUT2D eigenvalue weighted by Crippen LogP contribution is 2.25. The second kappa shape index (κ2) is 10.4. The van der Waals surface area contributed by atoms with Gasteiger partial charge in [0, 0.05) is 17.2 Å². The highest BCUT2D eigenvalue weighted by atomic mass is 16.2. The maximum atomic E-state index is 12.3. The molecule has 3 rings (SSSR count). The van der Waals surface area contributed by atoms with Crippen LogP contribution in [0.5, 0.6) is 0 Å². The predicted molar refractivity (Wildman–Crippen MR) is 118 cm³/mol. The van der Waals surface area contributed by atoms with Crippen molar-refractivity contribution < 1.29 is 9.59 Å². The number of nitrogens with zero attached hydrogens (tertiary/aromatic N) is 1. The Bertz CT molecular complexity index is 880. The van der Waals surface area contributed by atoms with Gasteiger partial charge in [-0.15, -0.1) is 0 Å². The summed E-state index contributed by atoms with van der Waals surface area (Å²) in [5.41, 5.74) is 5.52. The molecule has 1 fully saturated rings. The number of carbonyl (C=O) groups excluding carboxylic acids is 2. The van der Waals surface area contributed by atoms with E-state index in [-0.39, 0.29) is 17.7 Å². The van der Waals surface area contributed by atoms with Gasteiger partial charge in [0.2, 0.25) is 5.91 Å². The first-order valence-electron chi connectivity index (χ1n) is 10.1. The van der Waals surface area contributed by atoms with E-state index in [1.807, 2.05) is 49.4 Å². The third kappa shape index (κ3) is 6.42. The van der Waals surface area contributed by atoms with Gasteiger partial charge < -0.3 is 5.32 Å². The first kappa shape index (κ1) is 20.5. The first-order valence-corrected chi connectivity index (χ1v) is 10.1. The molecular weight excluding hydrogens is 362 g/mol. The number of carbonyl (C=O) groups is 2. The lowest BCUT2D eigenvalue weighted by molar-refractivity contribution is -0.120. The van der Waals surface area contributed by atoms with Crippen LogP contribution in [0.1, 0.15) is 54.9 Å². The Balaban J connectivity index is 1.51. The summed E-state index contributed by atoms with van der Waals surface area (Å²) in [5, 5.41) is 7.06. The average Bonchev–Trinajstić information content (AvgIpc) is 2.78. The van der Waals surface area contributed by atoms with Crippen molar-refractivity contribution in [2.45, 2.75) is 39.0 Å². The summed E-state index contributed by atoms with van der Waals surface area (Å²) >= 11 is 0. The van der Waals surface area contributed by atoms with Crippen LogP contribution in [0.3, 0.4) is 0 Å². The van der Waals surface area contributed by atoms with Crippen molar-refractivity contribution in [3.8, 4) is 0 Å². The van der Waals surface area contributed by atoms with E-state index >= 15 is 0 Å². The molecule has 5 heteroatoms. The molecule has 2 aromatic rings. The Morgan fingerprint density at radius 3 is 2.34 bits per heavy atom. The fourth-order valence-electron chi connectivity index (χ4n) is 3.34. The number of allylic oxidation sites excluding steroid dienone is 1. The van der Waals surface area contributed by atoms with Gasteiger partial charge in [-0.3, -0.25) is 9.59 Å². The van der Waals surface area contributed by atoms with Gasteiger partial charge in [0.25, 0.3) is 5.91 Å². The number of hydrogen-bond donors (Lipinski definition) is 2. The van der Waals surface area contributed by atoms with E-state index in [0.29, 0.717) is 17.0 Å². The maximum Gasteiger partial charge on any atom is 0.271 e. The standard InChI is InChI=1S/C24H27N3O2/c1-18(12-13-19-8-4-2-5-9-19)26-27-24(29)21-14-16-22(17-15-21)25-23(28)20-10-6-3-7-11-20/h2,4-5,8-9,12-17,20H,3,6-7,10-11H2,1H3,(H,25,28)(H,27,29)/b13-12+,26-18-. The van der Waals surface area contributed by atoms with E-state index in [2.05, 4.69) is 15.8 Å². The van der Waals surface area contributed by atoms with Gasteiger partial charge >= 0.3 is 0 Å². The number of hydrazone groups is 1. The van der Waals surface area contributed by atoms with Crippen molar-refractivity contribution in [3.63, 3.8) is 0 Å². The van der Waals surface area contributed by atoms with Crippen LogP contribution < -0.4 is 10.7 Å². The summed E-state index contributed by atoms with van der Waals surface area (Å²) in [6.07, 6.45) is 9.17. The summed E-state index contributed by atoms with van der Waals surface area (Å²) in [5.74, 6) is -0.108. The molecule has 1 aliphatic rings. The summed E-state index contributed by atoms with van der Waals surface area (Å²) < 4.78 is 0. The van der Waals surface area contributed by atoms with E-state index in [0.717, 1.165) is 31.2 Å². The van der Waals surface area contributed by atoms with Crippen LogP contribution in [0, 0.1) is 5.92 Å². The molecule has 0 saturated heterocycles. The molecule has 1 aliphatic carbocycles. The lowest BCUT2D eigenvalue weighted by Gasteiger charge is -2.20. The SMILES string of the molecule is CC(/C=C/c1ccccc1)=N/NC(=O)c1ccc(NC(=O)C2CCCCC2)cc1. The van der Waals surface area contributed by atoms with Crippen LogP contribution in [0.4, 0.5) is 5.69 Å². The lowest BCUT2D eigenvalue weighted by atomic mass is 9.88. The molecule has 150 valence electrons. The number of amides is 2. The molecular formula is C24H27N3O2. The van der Waals surface area contributed by atoms with Crippen LogP contribution in [-0.4, -0.2) is 17.5 Å². The number of benzene rings is 2. The predicted octanol–water partition coefficient (Wildman–Crippen LogP) is 5.02. The molecule has 29 heavy (non-hydrogen) atoms. The van der Waals surface area contributed by atoms with Crippen molar-refractivity contribution >= 4 is 29.3 Å². The minimum absolute atomic E-state index is 0.0762. The second-order valence-corrected chi connectivity index (χ2v) is 7.34. The van der Waals surface area contributed by atoms with Crippen LogP contribution in [0.15, 0.2) is 65.8 Å². The van der Waals surface area contributed by atoms with E-state index in [4.69, 9.17) is 0 Å². The van der Waals surface area contributed by atoms with Crippen molar-refractivity contribution in [1.29, 1.82) is 0 Å². The fraction of sp³-hybridized carbons (Fsp3) is 0.292. The van der Waals surface area contributed by atoms with E-state index in [9.17, 15) is 9.59 Å². The van der Waals surface area contributed by atoms with Crippen LogP contribution >= 0.6 is 0 Å². The Morgan fingerprint density at radius 2 is 1.66 bits per heavy atom. The zero-order valence-corrected chi connectivity index (χ0v) is 16.7. The topological polar surface area (TPSA) is 70.6 Å². The molecule has 1 saturated carbocycles. The molecule has 0 spiro atoms. The third-order valence-corrected chi connectivity index (χ3v) is 5.04. The zero-order chi connectivity index (χ0) is 20.5. The van der Waals surface area contributed by atoms with Gasteiger partial charge in [0.05, 0.1) is 5.71 Å². The Kier molecular flexibility index (Phi) is 7.34. The highest BCUT2D eigenvalue weighted by Gasteiger charge is 2.21. The summed E-state index contributed by atoms with van der Waals surface area (Å²) in [6.45, 7) is 1.82. The van der Waals surface area contributed by atoms with E-state index in [1.54, 1.807) is 24.3 Å². The molecule has 0 atom stereocenters. The molecule has 0 heterocycles. The number of hydrogen-bond acceptors (Lipinski definition) is 3. The molecule has 0 aliphatic heterocycles. The van der Waals surface area contributed by atoms with E-state index in [1.165, 1.54) is 6.42 Å². The third-order valence-electron chi connectivity index (χ3n) is 5.04. The van der Waals surface area contributed by atoms with Gasteiger partial charge in [0.15, 0.2) is 0 Å². The zero-order valence-electron chi connectivity index (χ0n) is 16.7. The largest absolute Gasteiger partial charge is 0.326 e. The van der Waals surface area contributed by atoms with Gasteiger partial charge in [-0.2, -0.15) is 5.10 Å². The Hall–Kier alpha value is -3.21. The molecule has 2 amide bonds. The molecule has 2 N–H and O–H groups in total. The normalized spacial score (nSPS) is 15.3. The van der Waals surface area contributed by atoms with Gasteiger partial charge in [-0.1, -0.05) is 55.7 Å². The quantitative estimate of drug-likeness (QED) is 0.538. The Labute approximate surface area is 171 Å². The number of anilines is 1. The molecule has 2 aromatic carbocycles. The van der Waals surface area contributed by atoms with Crippen molar-refractivity contribution in [2.75, 3.05) is 5.32 Å². The smallest absolute Gasteiger partial charge is 0.271 e. The molecule has 0 unspecified atom stereocenters. The van der Waals surface area contributed by atoms with Crippen LogP contribution in [0.25, 0.3) is 6.08 Å². The molecule has 0 bridgehead atoms. The lowest BCUT2D eigenvalue weighted by Crippen LogP contribution is -2.24. The molecule has 0 radical (unpaired) electrons. The monoisotopic (exact) mass is 389 g/mol. The van der Waals surface area contributed by atoms with Crippen LogP contribution in [-0.2, 0) is 4.79 Å². The van der Waals surface area contributed by atoms with Crippen molar-refractivity contribution in [3.05, 3.63) is 71.8 Å². The summed E-state index contributed by atoms with van der Waals surface area (Å²) in [7, 11) is 0. The Morgan fingerprint density at radius 1 is 0.966 bits per heavy atom.